The van der Waals surface area contributed by atoms with Crippen molar-refractivity contribution >= 4 is 45.3 Å². The van der Waals surface area contributed by atoms with E-state index >= 15 is 0 Å². The standard InChI is InChI=1S/C23H19N3O2S2/c1-14-5-6-15(2)18(12-14)19-13-30-23(25-19)26-21(27)16-7-9-17(10-8-16)24-22(28)20-4-3-11-29-20/h3-13H,1-2H3,(H,24,28)(H,25,26,27). The minimum Gasteiger partial charge on any atom is -0.321 e. The van der Waals surface area contributed by atoms with Crippen molar-refractivity contribution in [1.82, 2.24) is 4.98 Å². The average Bonchev–Trinajstić information content (AvgIpc) is 3.43. The fraction of sp³-hybridized carbons (Fsp3) is 0.0870. The number of carbonyl (C=O) groups excluding carboxylic acids is 2. The van der Waals surface area contributed by atoms with Crippen molar-refractivity contribution in [3.8, 4) is 11.3 Å². The predicted molar refractivity (Wildman–Crippen MR) is 124 cm³/mol. The summed E-state index contributed by atoms with van der Waals surface area (Å²) in [5, 5.41) is 10.0. The number of aromatic nitrogens is 1. The molecule has 2 heterocycles. The van der Waals surface area contributed by atoms with E-state index in [1.807, 2.05) is 30.7 Å². The van der Waals surface area contributed by atoms with E-state index in [2.05, 4.69) is 33.8 Å². The summed E-state index contributed by atoms with van der Waals surface area (Å²) in [6.07, 6.45) is 0. The highest BCUT2D eigenvalue weighted by Crippen LogP contribution is 2.28. The van der Waals surface area contributed by atoms with E-state index in [1.54, 1.807) is 30.3 Å². The SMILES string of the molecule is Cc1ccc(C)c(-c2csc(NC(=O)c3ccc(NC(=O)c4cccs4)cc3)n2)c1. The van der Waals surface area contributed by atoms with E-state index < -0.39 is 0 Å². The summed E-state index contributed by atoms with van der Waals surface area (Å²) in [7, 11) is 0. The van der Waals surface area contributed by atoms with Gasteiger partial charge in [-0.2, -0.15) is 0 Å². The Labute approximate surface area is 182 Å². The van der Waals surface area contributed by atoms with Crippen molar-refractivity contribution in [1.29, 1.82) is 0 Å². The summed E-state index contributed by atoms with van der Waals surface area (Å²) in [4.78, 5) is 29.9. The Hall–Kier alpha value is -3.29. The van der Waals surface area contributed by atoms with Gasteiger partial charge in [-0.1, -0.05) is 23.8 Å². The molecule has 5 nitrogen and oxygen atoms in total. The van der Waals surface area contributed by atoms with Crippen LogP contribution in [0.2, 0.25) is 0 Å². The molecule has 2 aromatic heterocycles. The third kappa shape index (κ3) is 4.48. The fourth-order valence-corrected chi connectivity index (χ4v) is 4.27. The highest BCUT2D eigenvalue weighted by Gasteiger charge is 2.12. The molecule has 0 unspecified atom stereocenters. The Bertz CT molecular complexity index is 1200. The smallest absolute Gasteiger partial charge is 0.265 e. The minimum absolute atomic E-state index is 0.163. The summed E-state index contributed by atoms with van der Waals surface area (Å²) in [6, 6.07) is 16.6. The molecule has 0 saturated carbocycles. The zero-order valence-corrected chi connectivity index (χ0v) is 18.1. The second-order valence-electron chi connectivity index (χ2n) is 6.82. The topological polar surface area (TPSA) is 71.1 Å². The number of anilines is 2. The van der Waals surface area contributed by atoms with Gasteiger partial charge in [0.25, 0.3) is 11.8 Å². The van der Waals surface area contributed by atoms with E-state index in [-0.39, 0.29) is 11.8 Å². The van der Waals surface area contributed by atoms with Gasteiger partial charge in [-0.25, -0.2) is 4.98 Å². The average molecular weight is 434 g/mol. The van der Waals surface area contributed by atoms with Crippen molar-refractivity contribution in [3.05, 3.63) is 86.9 Å². The molecule has 2 aromatic carbocycles. The van der Waals surface area contributed by atoms with Crippen LogP contribution in [0, 0.1) is 13.8 Å². The molecule has 0 atom stereocenters. The molecule has 0 aliphatic heterocycles. The second-order valence-corrected chi connectivity index (χ2v) is 8.62. The zero-order chi connectivity index (χ0) is 21.1. The molecule has 150 valence electrons. The largest absolute Gasteiger partial charge is 0.321 e. The Kier molecular flexibility index (Phi) is 5.74. The van der Waals surface area contributed by atoms with E-state index in [0.717, 1.165) is 16.8 Å². The summed E-state index contributed by atoms with van der Waals surface area (Å²) in [6.45, 7) is 4.09. The number of hydrogen-bond acceptors (Lipinski definition) is 5. The van der Waals surface area contributed by atoms with Crippen LogP contribution in [0.3, 0.4) is 0 Å². The number of aryl methyl sites for hydroxylation is 2. The first-order valence-electron chi connectivity index (χ1n) is 9.29. The van der Waals surface area contributed by atoms with E-state index in [4.69, 9.17) is 0 Å². The van der Waals surface area contributed by atoms with Crippen molar-refractivity contribution < 1.29 is 9.59 Å². The first kappa shape index (κ1) is 20.0. The first-order chi connectivity index (χ1) is 14.5. The van der Waals surface area contributed by atoms with E-state index in [0.29, 0.717) is 21.3 Å². The third-order valence-corrected chi connectivity index (χ3v) is 6.17. The van der Waals surface area contributed by atoms with Gasteiger partial charge in [0.2, 0.25) is 0 Å². The van der Waals surface area contributed by atoms with Crippen molar-refractivity contribution in [2.75, 3.05) is 10.6 Å². The number of nitrogens with one attached hydrogen (secondary N) is 2. The van der Waals surface area contributed by atoms with Crippen LogP contribution < -0.4 is 10.6 Å². The van der Waals surface area contributed by atoms with Crippen molar-refractivity contribution in [2.45, 2.75) is 13.8 Å². The van der Waals surface area contributed by atoms with Gasteiger partial charge in [0.1, 0.15) is 0 Å². The maximum Gasteiger partial charge on any atom is 0.265 e. The number of thiophene rings is 1. The molecule has 0 fully saturated rings. The highest BCUT2D eigenvalue weighted by atomic mass is 32.1. The van der Waals surface area contributed by atoms with Crippen LogP contribution in [-0.2, 0) is 0 Å². The molecule has 4 rings (SSSR count). The summed E-state index contributed by atoms with van der Waals surface area (Å²) in [5.41, 5.74) is 5.36. The summed E-state index contributed by atoms with van der Waals surface area (Å²) < 4.78 is 0. The molecule has 0 radical (unpaired) electrons. The lowest BCUT2D eigenvalue weighted by Gasteiger charge is -2.06. The molecule has 4 aromatic rings. The van der Waals surface area contributed by atoms with Gasteiger partial charge in [-0.05, 0) is 61.2 Å². The van der Waals surface area contributed by atoms with Crippen LogP contribution in [0.5, 0.6) is 0 Å². The number of amides is 2. The minimum atomic E-state index is -0.243. The number of nitrogens with zero attached hydrogens (tertiary/aromatic N) is 1. The fourth-order valence-electron chi connectivity index (χ4n) is 2.94. The first-order valence-corrected chi connectivity index (χ1v) is 11.0. The van der Waals surface area contributed by atoms with Crippen molar-refractivity contribution in [2.24, 2.45) is 0 Å². The molecule has 0 spiro atoms. The number of carbonyl (C=O) groups is 2. The summed E-state index contributed by atoms with van der Waals surface area (Å²) in [5.74, 6) is -0.406. The maximum absolute atomic E-state index is 12.6. The van der Waals surface area contributed by atoms with Crippen LogP contribution in [0.1, 0.15) is 31.2 Å². The summed E-state index contributed by atoms with van der Waals surface area (Å²) >= 11 is 2.77. The number of benzene rings is 2. The van der Waals surface area contributed by atoms with Crippen LogP contribution in [0.25, 0.3) is 11.3 Å². The Morgan fingerprint density at radius 1 is 0.900 bits per heavy atom. The van der Waals surface area contributed by atoms with Crippen LogP contribution >= 0.6 is 22.7 Å². The van der Waals surface area contributed by atoms with Gasteiger partial charge < -0.3 is 5.32 Å². The highest BCUT2D eigenvalue weighted by molar-refractivity contribution is 7.14. The van der Waals surface area contributed by atoms with Gasteiger partial charge >= 0.3 is 0 Å². The molecule has 0 saturated heterocycles. The molecule has 0 aliphatic carbocycles. The normalized spacial score (nSPS) is 10.6. The van der Waals surface area contributed by atoms with Crippen LogP contribution in [-0.4, -0.2) is 16.8 Å². The number of thiazole rings is 1. The molecule has 2 N–H and O–H groups in total. The van der Waals surface area contributed by atoms with Crippen molar-refractivity contribution in [3.63, 3.8) is 0 Å². The van der Waals surface area contributed by atoms with E-state index in [9.17, 15) is 9.59 Å². The van der Waals surface area contributed by atoms with Gasteiger partial charge in [-0.3, -0.25) is 14.9 Å². The maximum atomic E-state index is 12.6. The predicted octanol–water partition coefficient (Wildman–Crippen LogP) is 5.99. The quantitative estimate of drug-likeness (QED) is 0.406. The van der Waals surface area contributed by atoms with Gasteiger partial charge in [0.05, 0.1) is 10.6 Å². The zero-order valence-electron chi connectivity index (χ0n) is 16.4. The Balaban J connectivity index is 1.42. The Morgan fingerprint density at radius 3 is 2.43 bits per heavy atom. The molecule has 0 bridgehead atoms. The second kappa shape index (κ2) is 8.61. The number of rotatable bonds is 5. The third-order valence-electron chi connectivity index (χ3n) is 4.54. The van der Waals surface area contributed by atoms with Gasteiger partial charge in [-0.15, -0.1) is 22.7 Å². The van der Waals surface area contributed by atoms with Gasteiger partial charge in [0, 0.05) is 22.2 Å². The molecule has 30 heavy (non-hydrogen) atoms. The molecule has 7 heteroatoms. The van der Waals surface area contributed by atoms with Crippen LogP contribution in [0.4, 0.5) is 10.8 Å². The van der Waals surface area contributed by atoms with E-state index in [1.165, 1.54) is 28.2 Å². The molecule has 2 amide bonds. The molecule has 0 aliphatic rings. The Morgan fingerprint density at radius 2 is 1.70 bits per heavy atom. The lowest BCUT2D eigenvalue weighted by molar-refractivity contribution is 0.102. The monoisotopic (exact) mass is 433 g/mol. The lowest BCUT2D eigenvalue weighted by Crippen LogP contribution is -2.13. The lowest BCUT2D eigenvalue weighted by atomic mass is 10.0. The number of hydrogen-bond donors (Lipinski definition) is 2. The van der Waals surface area contributed by atoms with Gasteiger partial charge in [0.15, 0.2) is 5.13 Å². The van der Waals surface area contributed by atoms with Crippen LogP contribution in [0.15, 0.2) is 65.4 Å². The molecular formula is C23H19N3O2S2. The molecular weight excluding hydrogens is 414 g/mol.